The fraction of sp³-hybridized carbons (Fsp3) is 0.312. The van der Waals surface area contributed by atoms with Gasteiger partial charge in [-0.25, -0.2) is 4.98 Å². The van der Waals surface area contributed by atoms with Gasteiger partial charge in [0.05, 0.1) is 18.5 Å². The van der Waals surface area contributed by atoms with Crippen LogP contribution in [0.1, 0.15) is 25.0 Å². The topological polar surface area (TPSA) is 57.4 Å². The fourth-order valence-electron chi connectivity index (χ4n) is 2.47. The molecule has 2 heterocycles. The Bertz CT molecular complexity index is 648. The van der Waals surface area contributed by atoms with E-state index in [1.807, 2.05) is 19.1 Å². The molecule has 20 heavy (non-hydrogen) atoms. The Balaban J connectivity index is 2.03. The highest BCUT2D eigenvalue weighted by Gasteiger charge is 2.36. The minimum absolute atomic E-state index is 0.0650. The number of nitrogens with zero attached hydrogens (tertiary/aromatic N) is 1. The second kappa shape index (κ2) is 4.40. The van der Waals surface area contributed by atoms with E-state index in [4.69, 9.17) is 15.2 Å². The summed E-state index contributed by atoms with van der Waals surface area (Å²) in [6, 6.07) is 7.53. The molecule has 1 aliphatic rings. The van der Waals surface area contributed by atoms with Crippen LogP contribution in [0, 0.1) is 6.92 Å². The molecule has 0 saturated carbocycles. The number of pyridine rings is 1. The Morgan fingerprint density at radius 2 is 2.05 bits per heavy atom. The van der Waals surface area contributed by atoms with Crippen LogP contribution in [0.5, 0.6) is 17.4 Å². The van der Waals surface area contributed by atoms with Crippen molar-refractivity contribution in [3.63, 3.8) is 0 Å². The fourth-order valence-corrected chi connectivity index (χ4v) is 2.47. The van der Waals surface area contributed by atoms with E-state index in [1.165, 1.54) is 0 Å². The van der Waals surface area contributed by atoms with Crippen LogP contribution >= 0.6 is 0 Å². The molecule has 2 aromatic rings. The normalized spacial score (nSPS) is 15.6. The van der Waals surface area contributed by atoms with Gasteiger partial charge in [-0.3, -0.25) is 0 Å². The van der Waals surface area contributed by atoms with Crippen molar-refractivity contribution in [1.82, 2.24) is 4.98 Å². The summed E-state index contributed by atoms with van der Waals surface area (Å²) in [5, 5.41) is 0. The van der Waals surface area contributed by atoms with Gasteiger partial charge in [-0.15, -0.1) is 0 Å². The number of ether oxygens (including phenoxy) is 2. The van der Waals surface area contributed by atoms with E-state index in [0.29, 0.717) is 18.2 Å². The molecule has 104 valence electrons. The lowest BCUT2D eigenvalue weighted by Gasteiger charge is -2.19. The molecular weight excluding hydrogens is 252 g/mol. The number of benzene rings is 1. The summed E-state index contributed by atoms with van der Waals surface area (Å²) in [5.74, 6) is 2.27. The van der Waals surface area contributed by atoms with Gasteiger partial charge >= 0.3 is 0 Å². The lowest BCUT2D eigenvalue weighted by atomic mass is 9.85. The maximum atomic E-state index is 5.92. The van der Waals surface area contributed by atoms with Gasteiger partial charge in [-0.05, 0) is 24.6 Å². The molecule has 2 N–H and O–H groups in total. The zero-order chi connectivity index (χ0) is 14.3. The van der Waals surface area contributed by atoms with Gasteiger partial charge in [0, 0.05) is 17.0 Å². The average Bonchev–Trinajstić information content (AvgIpc) is 2.73. The summed E-state index contributed by atoms with van der Waals surface area (Å²) in [7, 11) is 0. The highest BCUT2D eigenvalue weighted by molar-refractivity contribution is 5.56. The van der Waals surface area contributed by atoms with Crippen molar-refractivity contribution in [3.8, 4) is 17.4 Å². The molecule has 0 fully saturated rings. The first-order valence-electron chi connectivity index (χ1n) is 6.64. The largest absolute Gasteiger partial charge is 0.492 e. The number of anilines is 1. The molecule has 0 spiro atoms. The zero-order valence-electron chi connectivity index (χ0n) is 11.9. The van der Waals surface area contributed by atoms with Gasteiger partial charge in [0.15, 0.2) is 0 Å². The number of aromatic nitrogens is 1. The SMILES string of the molecule is Cc1ccc(Oc2ccc(N)cn2)c2c1OCC2(C)C. The van der Waals surface area contributed by atoms with E-state index in [2.05, 4.69) is 18.8 Å². The molecule has 4 nitrogen and oxygen atoms in total. The third-order valence-corrected chi connectivity index (χ3v) is 3.54. The quantitative estimate of drug-likeness (QED) is 0.908. The summed E-state index contributed by atoms with van der Waals surface area (Å²) in [6.45, 7) is 7.02. The molecule has 4 heteroatoms. The van der Waals surface area contributed by atoms with E-state index in [-0.39, 0.29) is 5.41 Å². The van der Waals surface area contributed by atoms with Crippen LogP contribution in [0.25, 0.3) is 0 Å². The van der Waals surface area contributed by atoms with Gasteiger partial charge in [-0.1, -0.05) is 19.9 Å². The van der Waals surface area contributed by atoms with E-state index < -0.39 is 0 Å². The minimum atomic E-state index is -0.0650. The Hall–Kier alpha value is -2.23. The summed E-state index contributed by atoms with van der Waals surface area (Å²) in [6.07, 6.45) is 1.59. The predicted molar refractivity (Wildman–Crippen MR) is 78.4 cm³/mol. The first kappa shape index (κ1) is 12.8. The lowest BCUT2D eigenvalue weighted by molar-refractivity contribution is 0.289. The average molecular weight is 270 g/mol. The number of nitrogen functional groups attached to an aromatic ring is 1. The minimum Gasteiger partial charge on any atom is -0.492 e. The summed E-state index contributed by atoms with van der Waals surface area (Å²) in [5.41, 5.74) is 8.43. The highest BCUT2D eigenvalue weighted by Crippen LogP contribution is 2.46. The van der Waals surface area contributed by atoms with Crippen LogP contribution in [0.15, 0.2) is 30.5 Å². The second-order valence-electron chi connectivity index (χ2n) is 5.79. The van der Waals surface area contributed by atoms with E-state index >= 15 is 0 Å². The van der Waals surface area contributed by atoms with Gasteiger partial charge < -0.3 is 15.2 Å². The van der Waals surface area contributed by atoms with Crippen LogP contribution in [-0.4, -0.2) is 11.6 Å². The first-order chi connectivity index (χ1) is 9.47. The Morgan fingerprint density at radius 3 is 2.75 bits per heavy atom. The molecule has 0 radical (unpaired) electrons. The second-order valence-corrected chi connectivity index (χ2v) is 5.79. The van der Waals surface area contributed by atoms with Crippen molar-refractivity contribution in [2.45, 2.75) is 26.2 Å². The molecule has 0 unspecified atom stereocenters. The van der Waals surface area contributed by atoms with Gasteiger partial charge in [-0.2, -0.15) is 0 Å². The van der Waals surface area contributed by atoms with Gasteiger partial charge in [0.25, 0.3) is 0 Å². The molecule has 0 amide bonds. The number of nitrogens with two attached hydrogens (primary N) is 1. The standard InChI is InChI=1S/C16H18N2O2/c1-10-4-6-12(14-15(10)19-9-16(14,2)3)20-13-7-5-11(17)8-18-13/h4-8H,9,17H2,1-3H3. The van der Waals surface area contributed by atoms with Crippen molar-refractivity contribution in [3.05, 3.63) is 41.6 Å². The molecule has 0 saturated heterocycles. The van der Waals surface area contributed by atoms with E-state index in [0.717, 1.165) is 22.6 Å². The number of hydrogen-bond donors (Lipinski definition) is 1. The van der Waals surface area contributed by atoms with Crippen LogP contribution in [0.2, 0.25) is 0 Å². The van der Waals surface area contributed by atoms with Crippen LogP contribution in [0.3, 0.4) is 0 Å². The summed E-state index contributed by atoms with van der Waals surface area (Å²) in [4.78, 5) is 4.18. The molecule has 1 aliphatic heterocycles. The smallest absolute Gasteiger partial charge is 0.219 e. The van der Waals surface area contributed by atoms with Gasteiger partial charge in [0.2, 0.25) is 5.88 Å². The molecule has 0 atom stereocenters. The van der Waals surface area contributed by atoms with Crippen molar-refractivity contribution in [2.24, 2.45) is 0 Å². The van der Waals surface area contributed by atoms with Crippen LogP contribution < -0.4 is 15.2 Å². The number of rotatable bonds is 2. The molecule has 0 bridgehead atoms. The van der Waals surface area contributed by atoms with E-state index in [1.54, 1.807) is 18.3 Å². The number of fused-ring (bicyclic) bond motifs is 1. The number of aryl methyl sites for hydroxylation is 1. The van der Waals surface area contributed by atoms with Crippen molar-refractivity contribution in [2.75, 3.05) is 12.3 Å². The van der Waals surface area contributed by atoms with E-state index in [9.17, 15) is 0 Å². The summed E-state index contributed by atoms with van der Waals surface area (Å²) >= 11 is 0. The molecule has 0 aliphatic carbocycles. The molecule has 1 aromatic carbocycles. The Kier molecular flexibility index (Phi) is 2.82. The maximum absolute atomic E-state index is 5.92. The molecule has 3 rings (SSSR count). The third-order valence-electron chi connectivity index (χ3n) is 3.54. The van der Waals surface area contributed by atoms with Crippen molar-refractivity contribution in [1.29, 1.82) is 0 Å². The maximum Gasteiger partial charge on any atom is 0.219 e. The summed E-state index contributed by atoms with van der Waals surface area (Å²) < 4.78 is 11.7. The predicted octanol–water partition coefficient (Wildman–Crippen LogP) is 3.43. The third kappa shape index (κ3) is 2.07. The van der Waals surface area contributed by atoms with Gasteiger partial charge in [0.1, 0.15) is 11.5 Å². The van der Waals surface area contributed by atoms with Crippen LogP contribution in [-0.2, 0) is 5.41 Å². The van der Waals surface area contributed by atoms with Crippen LogP contribution in [0.4, 0.5) is 5.69 Å². The van der Waals surface area contributed by atoms with Crippen molar-refractivity contribution >= 4 is 5.69 Å². The van der Waals surface area contributed by atoms with Crippen molar-refractivity contribution < 1.29 is 9.47 Å². The molecule has 1 aromatic heterocycles. The zero-order valence-corrected chi connectivity index (χ0v) is 11.9. The Morgan fingerprint density at radius 1 is 1.25 bits per heavy atom. The first-order valence-corrected chi connectivity index (χ1v) is 6.64. The lowest BCUT2D eigenvalue weighted by Crippen LogP contribution is -2.19. The molecular formula is C16H18N2O2. The monoisotopic (exact) mass is 270 g/mol. The highest BCUT2D eigenvalue weighted by atomic mass is 16.5. The Labute approximate surface area is 118 Å². The number of hydrogen-bond acceptors (Lipinski definition) is 4.